The van der Waals surface area contributed by atoms with Gasteiger partial charge in [-0.25, -0.2) is 0 Å². The van der Waals surface area contributed by atoms with Gasteiger partial charge in [0.25, 0.3) is 0 Å². The zero-order chi connectivity index (χ0) is 17.8. The number of thioether (sulfide) groups is 1. The van der Waals surface area contributed by atoms with Crippen LogP contribution in [-0.2, 0) is 4.79 Å². The standard InChI is InChI=1S/C21H19NO2S/c1-14(23)16-7-10-19(11-8-16)22-21(24)15(2)25-20-12-9-17-5-3-4-6-18(17)13-20/h3-13,15H,1-2H3,(H,22,24)/t15-/m1/s1. The number of nitrogens with one attached hydrogen (secondary N) is 1. The van der Waals surface area contributed by atoms with E-state index < -0.39 is 0 Å². The summed E-state index contributed by atoms with van der Waals surface area (Å²) in [5.41, 5.74) is 1.33. The zero-order valence-electron chi connectivity index (χ0n) is 14.2. The summed E-state index contributed by atoms with van der Waals surface area (Å²) in [5.74, 6) is -0.0492. The van der Waals surface area contributed by atoms with Crippen molar-refractivity contribution in [3.8, 4) is 0 Å². The van der Waals surface area contributed by atoms with E-state index in [-0.39, 0.29) is 16.9 Å². The lowest BCUT2D eigenvalue weighted by Crippen LogP contribution is -2.22. The van der Waals surface area contributed by atoms with E-state index in [9.17, 15) is 9.59 Å². The number of ketones is 1. The lowest BCUT2D eigenvalue weighted by Gasteiger charge is -2.13. The molecule has 0 saturated carbocycles. The molecule has 0 spiro atoms. The maximum absolute atomic E-state index is 12.4. The van der Waals surface area contributed by atoms with Crippen LogP contribution in [0.1, 0.15) is 24.2 Å². The molecule has 0 radical (unpaired) electrons. The summed E-state index contributed by atoms with van der Waals surface area (Å²) < 4.78 is 0. The minimum atomic E-state index is -0.228. The molecule has 0 heterocycles. The third-order valence-electron chi connectivity index (χ3n) is 3.96. The molecule has 4 heteroatoms. The van der Waals surface area contributed by atoms with Crippen molar-refractivity contribution >= 4 is 39.9 Å². The number of hydrogen-bond donors (Lipinski definition) is 1. The summed E-state index contributed by atoms with van der Waals surface area (Å²) in [4.78, 5) is 24.8. The first-order chi connectivity index (χ1) is 12.0. The number of benzene rings is 3. The first kappa shape index (κ1) is 17.2. The zero-order valence-corrected chi connectivity index (χ0v) is 15.0. The van der Waals surface area contributed by atoms with Crippen LogP contribution >= 0.6 is 11.8 Å². The topological polar surface area (TPSA) is 46.2 Å². The fraction of sp³-hybridized carbons (Fsp3) is 0.143. The highest BCUT2D eigenvalue weighted by molar-refractivity contribution is 8.00. The largest absolute Gasteiger partial charge is 0.325 e. The molecule has 0 bridgehead atoms. The number of amides is 1. The van der Waals surface area contributed by atoms with E-state index in [1.165, 1.54) is 29.5 Å². The predicted octanol–water partition coefficient (Wildman–Crippen LogP) is 5.16. The molecule has 25 heavy (non-hydrogen) atoms. The van der Waals surface area contributed by atoms with E-state index in [1.54, 1.807) is 24.3 Å². The summed E-state index contributed by atoms with van der Waals surface area (Å²) in [6.07, 6.45) is 0. The Kier molecular flexibility index (Phi) is 5.19. The van der Waals surface area contributed by atoms with E-state index in [1.807, 2.05) is 25.1 Å². The second kappa shape index (κ2) is 7.53. The summed E-state index contributed by atoms with van der Waals surface area (Å²) >= 11 is 1.53. The number of anilines is 1. The molecule has 0 fully saturated rings. The van der Waals surface area contributed by atoms with Gasteiger partial charge in [0.2, 0.25) is 5.91 Å². The van der Waals surface area contributed by atoms with Gasteiger partial charge in [0, 0.05) is 16.1 Å². The van der Waals surface area contributed by atoms with Crippen molar-refractivity contribution in [2.24, 2.45) is 0 Å². The van der Waals surface area contributed by atoms with Gasteiger partial charge in [0.1, 0.15) is 0 Å². The maximum atomic E-state index is 12.4. The van der Waals surface area contributed by atoms with Gasteiger partial charge in [-0.2, -0.15) is 0 Å². The van der Waals surface area contributed by atoms with E-state index in [0.29, 0.717) is 11.3 Å². The van der Waals surface area contributed by atoms with Crippen LogP contribution in [0.4, 0.5) is 5.69 Å². The highest BCUT2D eigenvalue weighted by Crippen LogP contribution is 2.27. The summed E-state index contributed by atoms with van der Waals surface area (Å²) in [5, 5.41) is 5.02. The molecule has 0 unspecified atom stereocenters. The SMILES string of the molecule is CC(=O)c1ccc(NC(=O)[C@@H](C)Sc2ccc3ccccc3c2)cc1. The third kappa shape index (κ3) is 4.28. The molecular formula is C21H19NO2S. The molecule has 1 N–H and O–H groups in total. The van der Waals surface area contributed by atoms with Crippen molar-refractivity contribution in [2.75, 3.05) is 5.32 Å². The van der Waals surface area contributed by atoms with Gasteiger partial charge in [-0.15, -0.1) is 11.8 Å². The van der Waals surface area contributed by atoms with Crippen LogP contribution in [-0.4, -0.2) is 16.9 Å². The monoisotopic (exact) mass is 349 g/mol. The van der Waals surface area contributed by atoms with E-state index >= 15 is 0 Å². The van der Waals surface area contributed by atoms with Crippen molar-refractivity contribution in [3.05, 3.63) is 72.3 Å². The number of carbonyl (C=O) groups is 2. The van der Waals surface area contributed by atoms with E-state index in [0.717, 1.165) is 4.90 Å². The van der Waals surface area contributed by atoms with Crippen molar-refractivity contribution < 1.29 is 9.59 Å². The van der Waals surface area contributed by atoms with Gasteiger partial charge in [0.05, 0.1) is 5.25 Å². The summed E-state index contributed by atoms with van der Waals surface area (Å²) in [7, 11) is 0. The Morgan fingerprint density at radius 3 is 2.28 bits per heavy atom. The molecule has 3 aromatic rings. The van der Waals surface area contributed by atoms with E-state index in [2.05, 4.69) is 29.6 Å². The van der Waals surface area contributed by atoms with Gasteiger partial charge in [0.15, 0.2) is 5.78 Å². The Morgan fingerprint density at radius 2 is 1.60 bits per heavy atom. The Balaban J connectivity index is 1.66. The van der Waals surface area contributed by atoms with Gasteiger partial charge in [-0.3, -0.25) is 9.59 Å². The average molecular weight is 349 g/mol. The lowest BCUT2D eigenvalue weighted by atomic mass is 10.1. The Hall–Kier alpha value is -2.59. The lowest BCUT2D eigenvalue weighted by molar-refractivity contribution is -0.115. The molecule has 3 aromatic carbocycles. The molecule has 0 saturated heterocycles. The van der Waals surface area contributed by atoms with Crippen molar-refractivity contribution in [3.63, 3.8) is 0 Å². The fourth-order valence-electron chi connectivity index (χ4n) is 2.53. The molecule has 3 rings (SSSR count). The first-order valence-corrected chi connectivity index (χ1v) is 8.98. The third-order valence-corrected chi connectivity index (χ3v) is 5.06. The quantitative estimate of drug-likeness (QED) is 0.511. The van der Waals surface area contributed by atoms with Gasteiger partial charge < -0.3 is 5.32 Å². The molecule has 126 valence electrons. The number of hydrogen-bond acceptors (Lipinski definition) is 3. The molecule has 1 atom stereocenters. The minimum Gasteiger partial charge on any atom is -0.325 e. The summed E-state index contributed by atoms with van der Waals surface area (Å²) in [6.45, 7) is 3.41. The van der Waals surface area contributed by atoms with Crippen LogP contribution in [0.2, 0.25) is 0 Å². The highest BCUT2D eigenvalue weighted by Gasteiger charge is 2.15. The molecule has 1 amide bonds. The fourth-order valence-corrected chi connectivity index (χ4v) is 3.45. The average Bonchev–Trinajstić information content (AvgIpc) is 2.62. The molecule has 0 aliphatic carbocycles. The molecule has 0 aromatic heterocycles. The summed E-state index contributed by atoms with van der Waals surface area (Å²) in [6, 6.07) is 21.3. The Bertz CT molecular complexity index is 919. The van der Waals surface area contributed by atoms with Crippen LogP contribution in [0.15, 0.2) is 71.6 Å². The smallest absolute Gasteiger partial charge is 0.237 e. The van der Waals surface area contributed by atoms with Gasteiger partial charge in [-0.1, -0.05) is 30.3 Å². The second-order valence-electron chi connectivity index (χ2n) is 5.89. The Labute approximate surface area is 151 Å². The van der Waals surface area contributed by atoms with Crippen LogP contribution in [0, 0.1) is 0 Å². The maximum Gasteiger partial charge on any atom is 0.237 e. The molecule has 0 aliphatic rings. The Morgan fingerprint density at radius 1 is 0.920 bits per heavy atom. The van der Waals surface area contributed by atoms with Crippen LogP contribution in [0.3, 0.4) is 0 Å². The number of Topliss-reactive ketones (excluding diaryl/α,β-unsaturated/α-hetero) is 1. The van der Waals surface area contributed by atoms with Crippen molar-refractivity contribution in [1.82, 2.24) is 0 Å². The number of rotatable bonds is 5. The predicted molar refractivity (Wildman–Crippen MR) is 104 cm³/mol. The normalized spacial score (nSPS) is 11.9. The van der Waals surface area contributed by atoms with Crippen LogP contribution in [0.25, 0.3) is 10.8 Å². The number of carbonyl (C=O) groups excluding carboxylic acids is 2. The van der Waals surface area contributed by atoms with Crippen molar-refractivity contribution in [1.29, 1.82) is 0 Å². The van der Waals surface area contributed by atoms with Crippen LogP contribution in [0.5, 0.6) is 0 Å². The van der Waals surface area contributed by atoms with E-state index in [4.69, 9.17) is 0 Å². The number of fused-ring (bicyclic) bond motifs is 1. The minimum absolute atomic E-state index is 0.0121. The molecule has 0 aliphatic heterocycles. The van der Waals surface area contributed by atoms with Crippen LogP contribution < -0.4 is 5.32 Å². The van der Waals surface area contributed by atoms with Gasteiger partial charge >= 0.3 is 0 Å². The van der Waals surface area contributed by atoms with Gasteiger partial charge in [-0.05, 0) is 61.0 Å². The molecule has 3 nitrogen and oxygen atoms in total. The first-order valence-electron chi connectivity index (χ1n) is 8.10. The highest BCUT2D eigenvalue weighted by atomic mass is 32.2. The van der Waals surface area contributed by atoms with Crippen molar-refractivity contribution in [2.45, 2.75) is 24.0 Å². The molecular weight excluding hydrogens is 330 g/mol. The second-order valence-corrected chi connectivity index (χ2v) is 7.31.